The second-order valence-corrected chi connectivity index (χ2v) is 12.5. The Balaban J connectivity index is 1.70. The van der Waals surface area contributed by atoms with Crippen LogP contribution in [0, 0.1) is 35.0 Å². The van der Waals surface area contributed by atoms with Crippen molar-refractivity contribution in [2.24, 2.45) is 35.0 Å². The molecule has 2 saturated carbocycles. The first-order valence-corrected chi connectivity index (χ1v) is 13.7. The predicted molar refractivity (Wildman–Crippen MR) is 139 cm³/mol. The Morgan fingerprint density at radius 1 is 1.15 bits per heavy atom. The molecule has 8 atom stereocenters. The molecule has 0 heterocycles. The topological polar surface area (TPSA) is 80.9 Å². The van der Waals surface area contributed by atoms with Gasteiger partial charge in [-0.3, -0.25) is 0 Å². The fourth-order valence-electron chi connectivity index (χ4n) is 7.30. The maximum atomic E-state index is 10.8. The van der Waals surface area contributed by atoms with E-state index in [-0.39, 0.29) is 23.9 Å². The zero-order valence-electron chi connectivity index (χ0n) is 22.2. The van der Waals surface area contributed by atoms with Crippen molar-refractivity contribution in [3.05, 3.63) is 35.5 Å². The van der Waals surface area contributed by atoms with Gasteiger partial charge in [0.05, 0.1) is 17.8 Å². The molecule has 0 aromatic rings. The fraction of sp³-hybridized carbons (Fsp3) is 0.800. The minimum atomic E-state index is -0.577. The van der Waals surface area contributed by atoms with Crippen LogP contribution in [0.2, 0.25) is 0 Å². The van der Waals surface area contributed by atoms with Crippen molar-refractivity contribution in [2.75, 3.05) is 6.61 Å². The van der Waals surface area contributed by atoms with Gasteiger partial charge in [0.2, 0.25) is 0 Å². The van der Waals surface area contributed by atoms with Crippen molar-refractivity contribution < 1.29 is 20.4 Å². The van der Waals surface area contributed by atoms with Crippen LogP contribution in [0.3, 0.4) is 0 Å². The highest BCUT2D eigenvalue weighted by Gasteiger charge is 2.48. The van der Waals surface area contributed by atoms with Crippen LogP contribution < -0.4 is 0 Å². The number of allylic oxidation sites excluding steroid dienone is 5. The van der Waals surface area contributed by atoms with E-state index >= 15 is 0 Å². The van der Waals surface area contributed by atoms with Crippen molar-refractivity contribution in [2.45, 2.75) is 110 Å². The zero-order chi connectivity index (χ0) is 25.1. The van der Waals surface area contributed by atoms with Gasteiger partial charge in [0.25, 0.3) is 0 Å². The van der Waals surface area contributed by atoms with Gasteiger partial charge in [-0.25, -0.2) is 0 Å². The lowest BCUT2D eigenvalue weighted by Gasteiger charge is -2.41. The van der Waals surface area contributed by atoms with Crippen LogP contribution in [0.4, 0.5) is 0 Å². The second-order valence-electron chi connectivity index (χ2n) is 12.5. The number of rotatable bonds is 9. The molecule has 0 bridgehead atoms. The maximum absolute atomic E-state index is 10.8. The van der Waals surface area contributed by atoms with E-state index in [0.717, 1.165) is 24.8 Å². The van der Waals surface area contributed by atoms with Gasteiger partial charge in [0.1, 0.15) is 0 Å². The Bertz CT molecular complexity index is 760. The molecule has 0 aliphatic heterocycles. The Hall–Kier alpha value is -0.940. The molecular weight excluding hydrogens is 424 g/mol. The monoisotopic (exact) mass is 474 g/mol. The molecule has 34 heavy (non-hydrogen) atoms. The van der Waals surface area contributed by atoms with Crippen LogP contribution in [0.15, 0.2) is 35.5 Å². The molecule has 0 amide bonds. The van der Waals surface area contributed by atoms with Crippen LogP contribution in [0.1, 0.15) is 92.4 Å². The molecule has 1 unspecified atom stereocenters. The number of fused-ring (bicyclic) bond motifs is 1. The molecule has 3 rings (SSSR count). The minimum absolute atomic E-state index is 0.0292. The van der Waals surface area contributed by atoms with E-state index in [1.54, 1.807) is 0 Å². The summed E-state index contributed by atoms with van der Waals surface area (Å²) in [4.78, 5) is 0. The summed E-state index contributed by atoms with van der Waals surface area (Å²) in [6, 6.07) is 0. The molecule has 3 aliphatic carbocycles. The first-order valence-electron chi connectivity index (χ1n) is 13.7. The average molecular weight is 475 g/mol. The molecular formula is C30H50O4. The van der Waals surface area contributed by atoms with E-state index in [1.165, 1.54) is 24.8 Å². The smallest absolute Gasteiger partial charge is 0.0655 e. The lowest BCUT2D eigenvalue weighted by Crippen LogP contribution is -2.42. The van der Waals surface area contributed by atoms with Gasteiger partial charge in [0.15, 0.2) is 0 Å². The van der Waals surface area contributed by atoms with Gasteiger partial charge in [-0.2, -0.15) is 0 Å². The van der Waals surface area contributed by atoms with Gasteiger partial charge in [-0.15, -0.1) is 0 Å². The largest absolute Gasteiger partial charge is 0.396 e. The van der Waals surface area contributed by atoms with Crippen LogP contribution in [0.25, 0.3) is 0 Å². The normalized spacial score (nSPS) is 39.6. The highest BCUT2D eigenvalue weighted by molar-refractivity contribution is 5.32. The van der Waals surface area contributed by atoms with Crippen LogP contribution >= 0.6 is 0 Å². The molecule has 0 radical (unpaired) electrons. The van der Waals surface area contributed by atoms with Crippen molar-refractivity contribution >= 4 is 0 Å². The summed E-state index contributed by atoms with van der Waals surface area (Å²) in [5, 5.41) is 40.7. The number of hydrogen-bond donors (Lipinski definition) is 4. The first-order chi connectivity index (χ1) is 16.0. The summed E-state index contributed by atoms with van der Waals surface area (Å²) in [5.41, 5.74) is 2.23. The summed E-state index contributed by atoms with van der Waals surface area (Å²) in [7, 11) is 0. The van der Waals surface area contributed by atoms with Gasteiger partial charge in [-0.1, -0.05) is 69.1 Å². The van der Waals surface area contributed by atoms with Crippen LogP contribution in [0.5, 0.6) is 0 Å². The molecule has 0 aromatic heterocycles. The third-order valence-corrected chi connectivity index (χ3v) is 9.41. The average Bonchev–Trinajstić information content (AvgIpc) is 3.12. The summed E-state index contributed by atoms with van der Waals surface area (Å²) in [6.45, 7) is 10.8. The minimum Gasteiger partial charge on any atom is -0.396 e. The Kier molecular flexibility index (Phi) is 9.28. The number of aliphatic hydroxyl groups is 4. The van der Waals surface area contributed by atoms with E-state index in [2.05, 4.69) is 45.1 Å². The van der Waals surface area contributed by atoms with E-state index in [1.807, 2.05) is 13.8 Å². The molecule has 194 valence electrons. The quantitative estimate of drug-likeness (QED) is 0.330. The number of hydrogen-bond acceptors (Lipinski definition) is 4. The molecule has 2 fully saturated rings. The Morgan fingerprint density at radius 2 is 1.85 bits per heavy atom. The third-order valence-electron chi connectivity index (χ3n) is 9.41. The van der Waals surface area contributed by atoms with Crippen molar-refractivity contribution in [1.82, 2.24) is 0 Å². The molecule has 0 spiro atoms. The highest BCUT2D eigenvalue weighted by Crippen LogP contribution is 2.57. The van der Waals surface area contributed by atoms with E-state index < -0.39 is 17.8 Å². The van der Waals surface area contributed by atoms with Crippen molar-refractivity contribution in [1.29, 1.82) is 0 Å². The molecule has 4 heteroatoms. The number of aliphatic hydroxyl groups excluding tert-OH is 3. The Labute approximate surface area is 207 Å². The van der Waals surface area contributed by atoms with Crippen LogP contribution in [-0.4, -0.2) is 44.8 Å². The predicted octanol–water partition coefficient (Wildman–Crippen LogP) is 5.56. The van der Waals surface area contributed by atoms with E-state index in [4.69, 9.17) is 5.11 Å². The van der Waals surface area contributed by atoms with Gasteiger partial charge in [-0.05, 0) is 82.0 Å². The van der Waals surface area contributed by atoms with Crippen molar-refractivity contribution in [3.63, 3.8) is 0 Å². The molecule has 4 N–H and O–H groups in total. The fourth-order valence-corrected chi connectivity index (χ4v) is 7.30. The molecule has 4 nitrogen and oxygen atoms in total. The van der Waals surface area contributed by atoms with Gasteiger partial charge >= 0.3 is 0 Å². The standard InChI is InChI=1S/C30H50O4/c1-20(9-6-16-29(3,4)34)25-14-15-26-22(10-7-17-30(25,26)5)12-13-23-19-27(32)24(11-8-18-31)28(33)21(23)2/h7,12-13,17,20-21,24-28,31-34H,6,8-11,14-16,18-19H2,1-5H3/b22-12+,23-13-/t20-,21?,24+,25-,26+,27-,28-,30-/m1/s1. The lowest BCUT2D eigenvalue weighted by atomic mass is 9.63. The molecule has 3 aliphatic rings. The zero-order valence-corrected chi connectivity index (χ0v) is 22.2. The van der Waals surface area contributed by atoms with E-state index in [0.29, 0.717) is 37.0 Å². The SMILES string of the molecule is CC1/C(=C\C=C2/CC=C[C@]3(C)[C@@H]([C@H](C)CCCC(C)(C)O)CC[C@@H]23)C[C@@H](O)[C@H](CCCO)[C@@H]1O. The lowest BCUT2D eigenvalue weighted by molar-refractivity contribution is -0.0353. The summed E-state index contributed by atoms with van der Waals surface area (Å²) in [6.07, 6.45) is 16.7. The maximum Gasteiger partial charge on any atom is 0.0655 e. The summed E-state index contributed by atoms with van der Waals surface area (Å²) in [5.74, 6) is 1.74. The highest BCUT2D eigenvalue weighted by atomic mass is 16.3. The van der Waals surface area contributed by atoms with Crippen molar-refractivity contribution in [3.8, 4) is 0 Å². The van der Waals surface area contributed by atoms with Gasteiger partial charge in [0, 0.05) is 18.4 Å². The summed E-state index contributed by atoms with van der Waals surface area (Å²) >= 11 is 0. The first kappa shape index (κ1) is 27.6. The molecule has 0 saturated heterocycles. The van der Waals surface area contributed by atoms with Crippen LogP contribution in [-0.2, 0) is 0 Å². The third kappa shape index (κ3) is 6.24. The molecule has 0 aromatic carbocycles. The second kappa shape index (κ2) is 11.4. The Morgan fingerprint density at radius 3 is 2.53 bits per heavy atom. The summed E-state index contributed by atoms with van der Waals surface area (Å²) < 4.78 is 0. The van der Waals surface area contributed by atoms with Gasteiger partial charge < -0.3 is 20.4 Å². The van der Waals surface area contributed by atoms with E-state index in [9.17, 15) is 15.3 Å².